The maximum absolute atomic E-state index is 13.3. The summed E-state index contributed by atoms with van der Waals surface area (Å²) in [6.07, 6.45) is 1.91. The van der Waals surface area contributed by atoms with Crippen molar-refractivity contribution in [2.45, 2.75) is 33.4 Å². The summed E-state index contributed by atoms with van der Waals surface area (Å²) < 4.78 is 8.79. The van der Waals surface area contributed by atoms with Crippen LogP contribution in [0.4, 0.5) is 0 Å². The van der Waals surface area contributed by atoms with E-state index in [-0.39, 0.29) is 11.9 Å². The molecule has 0 bridgehead atoms. The number of rotatable bonds is 6. The SMILES string of the molecule is COc1ccc(-c2cc(C(=O)NC(C)Cn3ccc(C)n3)c3c(C)nn(C)c3n2)cc1. The number of carbonyl (C=O) groups excluding carboxylic acids is 1. The average Bonchev–Trinajstić information content (AvgIpc) is 3.29. The molecule has 0 saturated heterocycles. The molecule has 1 aromatic carbocycles. The number of methoxy groups -OCH3 is 1. The fourth-order valence-corrected chi connectivity index (χ4v) is 3.73. The third kappa shape index (κ3) is 4.14. The van der Waals surface area contributed by atoms with Gasteiger partial charge in [0.25, 0.3) is 5.91 Å². The van der Waals surface area contributed by atoms with Crippen molar-refractivity contribution in [3.8, 4) is 17.0 Å². The van der Waals surface area contributed by atoms with Crippen LogP contribution < -0.4 is 10.1 Å². The molecule has 1 atom stereocenters. The van der Waals surface area contributed by atoms with E-state index in [1.807, 2.05) is 75.1 Å². The Kier molecular flexibility index (Phi) is 5.46. The monoisotopic (exact) mass is 418 g/mol. The fraction of sp³-hybridized carbons (Fsp3) is 0.304. The fourth-order valence-electron chi connectivity index (χ4n) is 3.73. The lowest BCUT2D eigenvalue weighted by Gasteiger charge is -2.15. The zero-order valence-electron chi connectivity index (χ0n) is 18.4. The van der Waals surface area contributed by atoms with Crippen LogP contribution in [0.1, 0.15) is 28.7 Å². The van der Waals surface area contributed by atoms with Crippen molar-refractivity contribution in [3.05, 3.63) is 59.5 Å². The Balaban J connectivity index is 1.70. The summed E-state index contributed by atoms with van der Waals surface area (Å²) >= 11 is 0. The van der Waals surface area contributed by atoms with Gasteiger partial charge in [0.05, 0.1) is 41.7 Å². The van der Waals surface area contributed by atoms with Gasteiger partial charge >= 0.3 is 0 Å². The summed E-state index contributed by atoms with van der Waals surface area (Å²) in [5.74, 6) is 0.608. The minimum Gasteiger partial charge on any atom is -0.497 e. The largest absolute Gasteiger partial charge is 0.497 e. The van der Waals surface area contributed by atoms with E-state index >= 15 is 0 Å². The molecule has 8 heteroatoms. The highest BCUT2D eigenvalue weighted by Crippen LogP contribution is 2.28. The van der Waals surface area contributed by atoms with Crippen LogP contribution in [0.2, 0.25) is 0 Å². The summed E-state index contributed by atoms with van der Waals surface area (Å²) in [5.41, 5.74) is 4.56. The second kappa shape index (κ2) is 8.22. The molecule has 3 heterocycles. The van der Waals surface area contributed by atoms with Crippen LogP contribution in [0.25, 0.3) is 22.3 Å². The van der Waals surface area contributed by atoms with Crippen LogP contribution in [0.5, 0.6) is 5.75 Å². The van der Waals surface area contributed by atoms with Gasteiger partial charge in [-0.15, -0.1) is 0 Å². The predicted octanol–water partition coefficient (Wildman–Crippen LogP) is 3.28. The first-order valence-corrected chi connectivity index (χ1v) is 10.2. The van der Waals surface area contributed by atoms with Crippen LogP contribution in [-0.4, -0.2) is 43.6 Å². The van der Waals surface area contributed by atoms with Gasteiger partial charge in [-0.2, -0.15) is 10.2 Å². The van der Waals surface area contributed by atoms with Gasteiger partial charge in [-0.3, -0.25) is 14.2 Å². The molecule has 160 valence electrons. The molecule has 0 fully saturated rings. The quantitative estimate of drug-likeness (QED) is 0.519. The van der Waals surface area contributed by atoms with E-state index < -0.39 is 0 Å². The number of pyridine rings is 1. The minimum absolute atomic E-state index is 0.101. The maximum atomic E-state index is 13.3. The second-order valence-electron chi connectivity index (χ2n) is 7.74. The van der Waals surface area contributed by atoms with E-state index in [1.54, 1.807) is 11.8 Å². The van der Waals surface area contributed by atoms with Gasteiger partial charge in [-0.25, -0.2) is 4.98 Å². The number of fused-ring (bicyclic) bond motifs is 1. The van der Waals surface area contributed by atoms with E-state index in [1.165, 1.54) is 0 Å². The van der Waals surface area contributed by atoms with Crippen molar-refractivity contribution in [1.82, 2.24) is 29.9 Å². The molecule has 0 spiro atoms. The average molecular weight is 419 g/mol. The lowest BCUT2D eigenvalue weighted by molar-refractivity contribution is 0.0937. The van der Waals surface area contributed by atoms with Gasteiger partial charge in [-0.1, -0.05) is 0 Å². The van der Waals surface area contributed by atoms with Gasteiger partial charge in [0.2, 0.25) is 0 Å². The molecule has 0 aliphatic heterocycles. The van der Waals surface area contributed by atoms with E-state index in [9.17, 15) is 4.79 Å². The van der Waals surface area contributed by atoms with E-state index in [0.717, 1.165) is 28.1 Å². The molecule has 0 aliphatic rings. The van der Waals surface area contributed by atoms with Crippen molar-refractivity contribution in [2.75, 3.05) is 7.11 Å². The van der Waals surface area contributed by atoms with Crippen LogP contribution >= 0.6 is 0 Å². The molecule has 1 unspecified atom stereocenters. The Hall–Kier alpha value is -3.68. The summed E-state index contributed by atoms with van der Waals surface area (Å²) in [4.78, 5) is 18.1. The van der Waals surface area contributed by atoms with E-state index in [0.29, 0.717) is 23.4 Å². The molecule has 31 heavy (non-hydrogen) atoms. The van der Waals surface area contributed by atoms with E-state index in [4.69, 9.17) is 9.72 Å². The van der Waals surface area contributed by atoms with Gasteiger partial charge in [0.1, 0.15) is 5.75 Å². The molecule has 4 rings (SSSR count). The molecule has 3 aromatic heterocycles. The van der Waals surface area contributed by atoms with Gasteiger partial charge in [0, 0.05) is 24.8 Å². The molecular formula is C23H26N6O2. The number of carbonyl (C=O) groups is 1. The number of nitrogens with one attached hydrogen (secondary N) is 1. The zero-order chi connectivity index (χ0) is 22.1. The molecule has 8 nitrogen and oxygen atoms in total. The van der Waals surface area contributed by atoms with Crippen molar-refractivity contribution >= 4 is 16.9 Å². The number of ether oxygens (including phenoxy) is 1. The first-order valence-electron chi connectivity index (χ1n) is 10.2. The summed E-state index contributed by atoms with van der Waals surface area (Å²) in [5, 5.41) is 12.7. The number of nitrogens with zero attached hydrogens (tertiary/aromatic N) is 5. The van der Waals surface area contributed by atoms with Gasteiger partial charge < -0.3 is 10.1 Å². The lowest BCUT2D eigenvalue weighted by atomic mass is 10.0. The standard InChI is InChI=1S/C23H26N6O2/c1-14-10-11-29(26-14)13-15(2)24-23(30)19-12-20(17-6-8-18(31-5)9-7-17)25-22-21(19)16(3)27-28(22)4/h6-12,15H,13H2,1-5H3,(H,24,30). The first-order chi connectivity index (χ1) is 14.9. The Morgan fingerprint density at radius 3 is 2.55 bits per heavy atom. The van der Waals surface area contributed by atoms with Crippen LogP contribution in [0.3, 0.4) is 0 Å². The smallest absolute Gasteiger partial charge is 0.252 e. The third-order valence-corrected chi connectivity index (χ3v) is 5.21. The molecule has 0 saturated carbocycles. The molecule has 4 aromatic rings. The van der Waals surface area contributed by atoms with Crippen molar-refractivity contribution in [2.24, 2.45) is 7.05 Å². The molecule has 0 radical (unpaired) electrons. The highest BCUT2D eigenvalue weighted by atomic mass is 16.5. The number of amides is 1. The molecular weight excluding hydrogens is 392 g/mol. The molecule has 1 N–H and O–H groups in total. The number of aromatic nitrogens is 5. The highest BCUT2D eigenvalue weighted by Gasteiger charge is 2.20. The number of hydrogen-bond donors (Lipinski definition) is 1. The van der Waals surface area contributed by atoms with Crippen LogP contribution in [-0.2, 0) is 13.6 Å². The van der Waals surface area contributed by atoms with Crippen molar-refractivity contribution in [1.29, 1.82) is 0 Å². The topological polar surface area (TPSA) is 86.9 Å². The summed E-state index contributed by atoms with van der Waals surface area (Å²) in [7, 11) is 3.47. The number of benzene rings is 1. The van der Waals surface area contributed by atoms with E-state index in [2.05, 4.69) is 15.5 Å². The Labute approximate surface area is 180 Å². The maximum Gasteiger partial charge on any atom is 0.252 e. The molecule has 1 amide bonds. The molecule has 0 aliphatic carbocycles. The predicted molar refractivity (Wildman–Crippen MR) is 119 cm³/mol. The Morgan fingerprint density at radius 2 is 1.90 bits per heavy atom. The summed E-state index contributed by atoms with van der Waals surface area (Å²) in [6, 6.07) is 11.3. The van der Waals surface area contributed by atoms with Crippen molar-refractivity contribution < 1.29 is 9.53 Å². The van der Waals surface area contributed by atoms with Gasteiger partial charge in [0.15, 0.2) is 5.65 Å². The van der Waals surface area contributed by atoms with Crippen LogP contribution in [0.15, 0.2) is 42.6 Å². The third-order valence-electron chi connectivity index (χ3n) is 5.21. The zero-order valence-corrected chi connectivity index (χ0v) is 18.4. The number of aryl methyl sites for hydroxylation is 3. The minimum atomic E-state index is -0.158. The Bertz CT molecular complexity index is 1240. The summed E-state index contributed by atoms with van der Waals surface area (Å²) in [6.45, 7) is 6.39. The first kappa shape index (κ1) is 20.6. The highest BCUT2D eigenvalue weighted by molar-refractivity contribution is 6.07. The van der Waals surface area contributed by atoms with Crippen LogP contribution in [0, 0.1) is 13.8 Å². The number of hydrogen-bond acceptors (Lipinski definition) is 5. The second-order valence-corrected chi connectivity index (χ2v) is 7.74. The normalized spacial score (nSPS) is 12.2. The lowest BCUT2D eigenvalue weighted by Crippen LogP contribution is -2.36. The van der Waals surface area contributed by atoms with Crippen molar-refractivity contribution in [3.63, 3.8) is 0 Å². The van der Waals surface area contributed by atoms with Gasteiger partial charge in [-0.05, 0) is 57.2 Å². The Morgan fingerprint density at radius 1 is 1.16 bits per heavy atom.